The minimum absolute atomic E-state index is 0.540. The van der Waals surface area contributed by atoms with Crippen molar-refractivity contribution in [3.05, 3.63) is 33.6 Å². The fourth-order valence-electron chi connectivity index (χ4n) is 2.24. The molecule has 18 heavy (non-hydrogen) atoms. The normalized spacial score (nSPS) is 10.9. The van der Waals surface area contributed by atoms with E-state index in [0.717, 1.165) is 30.0 Å². The number of aromatic nitrogens is 2. The summed E-state index contributed by atoms with van der Waals surface area (Å²) in [5.74, 6) is 1.13. The number of nitrogens with two attached hydrogens (primary N) is 1. The molecule has 0 aromatic carbocycles. The third kappa shape index (κ3) is 2.57. The lowest BCUT2D eigenvalue weighted by Gasteiger charge is -2.20. The summed E-state index contributed by atoms with van der Waals surface area (Å²) in [6.07, 6.45) is 1.06. The van der Waals surface area contributed by atoms with Crippen molar-refractivity contribution >= 4 is 17.2 Å². The Morgan fingerprint density at radius 3 is 2.89 bits per heavy atom. The minimum atomic E-state index is 0.540. The summed E-state index contributed by atoms with van der Waals surface area (Å²) in [7, 11) is 4.08. The van der Waals surface area contributed by atoms with Gasteiger partial charge in [-0.15, -0.1) is 11.3 Å². The van der Waals surface area contributed by atoms with Crippen LogP contribution >= 0.6 is 11.3 Å². The van der Waals surface area contributed by atoms with E-state index in [0.29, 0.717) is 6.54 Å². The second kappa shape index (κ2) is 5.54. The Morgan fingerprint density at radius 1 is 1.50 bits per heavy atom. The maximum absolute atomic E-state index is 5.82. The van der Waals surface area contributed by atoms with Gasteiger partial charge in [-0.25, -0.2) is 0 Å². The van der Waals surface area contributed by atoms with Crippen LogP contribution < -0.4 is 10.6 Å². The summed E-state index contributed by atoms with van der Waals surface area (Å²) in [5, 5.41) is 6.57. The van der Waals surface area contributed by atoms with Gasteiger partial charge in [-0.05, 0) is 24.8 Å². The van der Waals surface area contributed by atoms with Crippen molar-refractivity contribution in [1.29, 1.82) is 0 Å². The van der Waals surface area contributed by atoms with Gasteiger partial charge in [-0.1, -0.05) is 6.07 Å². The molecule has 0 saturated heterocycles. The quantitative estimate of drug-likeness (QED) is 0.897. The zero-order chi connectivity index (χ0) is 13.1. The molecule has 0 aliphatic rings. The molecule has 2 aromatic heterocycles. The van der Waals surface area contributed by atoms with Crippen LogP contribution in [0.2, 0.25) is 0 Å². The second-order valence-corrected chi connectivity index (χ2v) is 5.50. The van der Waals surface area contributed by atoms with Crippen LogP contribution in [0.15, 0.2) is 17.5 Å². The highest BCUT2D eigenvalue weighted by Gasteiger charge is 2.15. The molecule has 0 spiro atoms. The summed E-state index contributed by atoms with van der Waals surface area (Å²) in [6.45, 7) is 3.53. The average Bonchev–Trinajstić information content (AvgIpc) is 2.93. The van der Waals surface area contributed by atoms with Gasteiger partial charge in [0.15, 0.2) is 0 Å². The average molecular weight is 264 g/mol. The van der Waals surface area contributed by atoms with Gasteiger partial charge >= 0.3 is 0 Å². The Hall–Kier alpha value is -1.33. The third-order valence-corrected chi connectivity index (χ3v) is 4.09. The van der Waals surface area contributed by atoms with Gasteiger partial charge in [-0.2, -0.15) is 5.10 Å². The van der Waals surface area contributed by atoms with E-state index in [2.05, 4.69) is 34.6 Å². The van der Waals surface area contributed by atoms with Gasteiger partial charge in [0.1, 0.15) is 5.82 Å². The molecule has 0 amide bonds. The Morgan fingerprint density at radius 2 is 2.28 bits per heavy atom. The molecule has 98 valence electrons. The molecular weight excluding hydrogens is 244 g/mol. The van der Waals surface area contributed by atoms with Gasteiger partial charge in [0.05, 0.1) is 5.69 Å². The first-order valence-corrected chi connectivity index (χ1v) is 6.97. The molecule has 2 aromatic rings. The van der Waals surface area contributed by atoms with Crippen molar-refractivity contribution in [2.75, 3.05) is 18.5 Å². The summed E-state index contributed by atoms with van der Waals surface area (Å²) >= 11 is 1.81. The van der Waals surface area contributed by atoms with E-state index in [1.54, 1.807) is 11.3 Å². The fraction of sp³-hybridized carbons (Fsp3) is 0.462. The maximum Gasteiger partial charge on any atom is 0.131 e. The molecular formula is C13H20N4S. The monoisotopic (exact) mass is 264 g/mol. The van der Waals surface area contributed by atoms with Crippen LogP contribution in [0, 0.1) is 6.92 Å². The molecule has 0 unspecified atom stereocenters. The summed E-state index contributed by atoms with van der Waals surface area (Å²) in [6, 6.07) is 4.27. The number of nitrogens with zero attached hydrogens (tertiary/aromatic N) is 3. The first kappa shape index (κ1) is 13.1. The van der Waals surface area contributed by atoms with E-state index in [4.69, 9.17) is 5.73 Å². The van der Waals surface area contributed by atoms with Crippen LogP contribution in [0.4, 0.5) is 5.82 Å². The maximum atomic E-state index is 5.82. The molecule has 0 bridgehead atoms. The lowest BCUT2D eigenvalue weighted by Crippen LogP contribution is -2.24. The summed E-state index contributed by atoms with van der Waals surface area (Å²) in [4.78, 5) is 3.65. The topological polar surface area (TPSA) is 47.1 Å². The summed E-state index contributed by atoms with van der Waals surface area (Å²) < 4.78 is 1.92. The Kier molecular flexibility index (Phi) is 4.04. The molecule has 0 radical (unpaired) electrons. The number of hydrogen-bond donors (Lipinski definition) is 1. The number of rotatable bonds is 5. The van der Waals surface area contributed by atoms with Gasteiger partial charge < -0.3 is 10.6 Å². The zero-order valence-electron chi connectivity index (χ0n) is 11.2. The van der Waals surface area contributed by atoms with E-state index < -0.39 is 0 Å². The van der Waals surface area contributed by atoms with Crippen molar-refractivity contribution in [2.45, 2.75) is 19.9 Å². The number of aryl methyl sites for hydroxylation is 2. The van der Waals surface area contributed by atoms with E-state index in [1.807, 2.05) is 18.7 Å². The first-order valence-electron chi connectivity index (χ1n) is 6.09. The molecule has 5 heteroatoms. The Balaban J connectivity index is 2.11. The van der Waals surface area contributed by atoms with Gasteiger partial charge in [0.2, 0.25) is 0 Å². The smallest absolute Gasteiger partial charge is 0.131 e. The Bertz CT molecular complexity index is 501. The molecule has 2 rings (SSSR count). The van der Waals surface area contributed by atoms with Crippen molar-refractivity contribution in [3.63, 3.8) is 0 Å². The standard InChI is InChI=1S/C13H20N4S/c1-10-12(9-14)13(17(3)15-10)16(2)7-6-11-5-4-8-18-11/h4-5,8H,6-7,9,14H2,1-3H3. The number of hydrogen-bond acceptors (Lipinski definition) is 4. The van der Waals surface area contributed by atoms with Crippen LogP contribution in [0.1, 0.15) is 16.1 Å². The molecule has 0 aliphatic heterocycles. The van der Waals surface area contributed by atoms with Gasteiger partial charge in [-0.3, -0.25) is 4.68 Å². The van der Waals surface area contributed by atoms with E-state index in [-0.39, 0.29) is 0 Å². The minimum Gasteiger partial charge on any atom is -0.359 e. The van der Waals surface area contributed by atoms with E-state index in [1.165, 1.54) is 4.88 Å². The first-order chi connectivity index (χ1) is 8.63. The second-order valence-electron chi connectivity index (χ2n) is 4.47. The van der Waals surface area contributed by atoms with Crippen LogP contribution in [0.5, 0.6) is 0 Å². The lowest BCUT2D eigenvalue weighted by atomic mass is 10.2. The van der Waals surface area contributed by atoms with E-state index >= 15 is 0 Å². The van der Waals surface area contributed by atoms with Gasteiger partial charge in [0, 0.05) is 37.6 Å². The van der Waals surface area contributed by atoms with Crippen LogP contribution in [-0.4, -0.2) is 23.4 Å². The number of anilines is 1. The largest absolute Gasteiger partial charge is 0.359 e. The zero-order valence-corrected chi connectivity index (χ0v) is 12.0. The third-order valence-electron chi connectivity index (χ3n) is 3.15. The molecule has 0 aliphatic carbocycles. The van der Waals surface area contributed by atoms with Crippen molar-refractivity contribution in [1.82, 2.24) is 9.78 Å². The number of likely N-dealkylation sites (N-methyl/N-ethyl adjacent to an activating group) is 1. The Labute approximate surface area is 112 Å². The fourth-order valence-corrected chi connectivity index (χ4v) is 2.94. The van der Waals surface area contributed by atoms with Crippen LogP contribution in [0.25, 0.3) is 0 Å². The predicted octanol–water partition coefficient (Wildman–Crippen LogP) is 1.93. The number of thiophene rings is 1. The SMILES string of the molecule is Cc1nn(C)c(N(C)CCc2cccs2)c1CN. The highest BCUT2D eigenvalue weighted by atomic mass is 32.1. The lowest BCUT2D eigenvalue weighted by molar-refractivity contribution is 0.724. The van der Waals surface area contributed by atoms with Crippen molar-refractivity contribution < 1.29 is 0 Å². The predicted molar refractivity (Wildman–Crippen MR) is 77.1 cm³/mol. The molecule has 0 saturated carbocycles. The van der Waals surface area contributed by atoms with Crippen molar-refractivity contribution in [3.8, 4) is 0 Å². The van der Waals surface area contributed by atoms with Crippen molar-refractivity contribution in [2.24, 2.45) is 12.8 Å². The molecule has 4 nitrogen and oxygen atoms in total. The highest BCUT2D eigenvalue weighted by Crippen LogP contribution is 2.22. The van der Waals surface area contributed by atoms with Crippen LogP contribution in [-0.2, 0) is 20.0 Å². The molecule has 0 fully saturated rings. The molecule has 2 N–H and O–H groups in total. The molecule has 2 heterocycles. The molecule has 0 atom stereocenters. The van der Waals surface area contributed by atoms with Crippen LogP contribution in [0.3, 0.4) is 0 Å². The van der Waals surface area contributed by atoms with Gasteiger partial charge in [0.25, 0.3) is 0 Å². The van der Waals surface area contributed by atoms with E-state index in [9.17, 15) is 0 Å². The summed E-state index contributed by atoms with van der Waals surface area (Å²) in [5.41, 5.74) is 7.99. The highest BCUT2D eigenvalue weighted by molar-refractivity contribution is 7.09.